The summed E-state index contributed by atoms with van der Waals surface area (Å²) in [6, 6.07) is 6.38. The zero-order valence-electron chi connectivity index (χ0n) is 13.3. The van der Waals surface area contributed by atoms with Gasteiger partial charge in [0.1, 0.15) is 0 Å². The fourth-order valence-electron chi connectivity index (χ4n) is 3.23. The Balaban J connectivity index is 0.00000121. The van der Waals surface area contributed by atoms with Crippen LogP contribution >= 0.6 is 24.8 Å². The highest BCUT2D eigenvalue weighted by Crippen LogP contribution is 2.28. The first kappa shape index (κ1) is 19.4. The van der Waals surface area contributed by atoms with Gasteiger partial charge in [0, 0.05) is 57.2 Å². The summed E-state index contributed by atoms with van der Waals surface area (Å²) in [6.07, 6.45) is 2.46. The topological polar surface area (TPSA) is 35.7 Å². The molecule has 6 heteroatoms. The van der Waals surface area contributed by atoms with Crippen molar-refractivity contribution in [3.8, 4) is 0 Å². The van der Waals surface area contributed by atoms with Crippen LogP contribution in [-0.2, 0) is 6.42 Å². The number of piperazine rings is 1. The third kappa shape index (κ3) is 4.66. The second-order valence-electron chi connectivity index (χ2n) is 6.12. The first-order valence-electron chi connectivity index (χ1n) is 7.76. The third-order valence-electron chi connectivity index (χ3n) is 4.61. The van der Waals surface area contributed by atoms with Gasteiger partial charge in [0.05, 0.1) is 0 Å². The minimum absolute atomic E-state index is 0. The number of hydrogen-bond acceptors (Lipinski definition) is 4. The van der Waals surface area contributed by atoms with Crippen molar-refractivity contribution in [3.63, 3.8) is 0 Å². The van der Waals surface area contributed by atoms with Crippen LogP contribution < -0.4 is 10.6 Å². The molecule has 0 bridgehead atoms. The number of nitrogen functional groups attached to an aromatic ring is 1. The lowest BCUT2D eigenvalue weighted by Crippen LogP contribution is -2.47. The van der Waals surface area contributed by atoms with Crippen molar-refractivity contribution in [3.05, 3.63) is 23.8 Å². The van der Waals surface area contributed by atoms with Gasteiger partial charge in [-0.15, -0.1) is 24.8 Å². The second kappa shape index (κ2) is 8.82. The number of likely N-dealkylation sites (N-methyl/N-ethyl adjacent to an activating group) is 1. The van der Waals surface area contributed by atoms with E-state index >= 15 is 0 Å². The van der Waals surface area contributed by atoms with E-state index < -0.39 is 0 Å². The molecule has 126 valence electrons. The lowest BCUT2D eigenvalue weighted by atomic mass is 10.0. The zero-order chi connectivity index (χ0) is 13.9. The van der Waals surface area contributed by atoms with Crippen molar-refractivity contribution in [2.24, 2.45) is 0 Å². The molecule has 1 fully saturated rings. The van der Waals surface area contributed by atoms with Crippen molar-refractivity contribution in [2.45, 2.75) is 12.8 Å². The van der Waals surface area contributed by atoms with E-state index in [9.17, 15) is 0 Å². The molecule has 0 saturated carbocycles. The van der Waals surface area contributed by atoms with Gasteiger partial charge < -0.3 is 15.5 Å². The van der Waals surface area contributed by atoms with Gasteiger partial charge in [-0.2, -0.15) is 0 Å². The molecule has 22 heavy (non-hydrogen) atoms. The van der Waals surface area contributed by atoms with Gasteiger partial charge >= 0.3 is 0 Å². The van der Waals surface area contributed by atoms with Gasteiger partial charge in [-0.3, -0.25) is 4.90 Å². The highest BCUT2D eigenvalue weighted by Gasteiger charge is 2.19. The molecule has 3 rings (SSSR count). The maximum atomic E-state index is 5.96. The molecule has 0 radical (unpaired) electrons. The summed E-state index contributed by atoms with van der Waals surface area (Å²) in [6.45, 7) is 8.27. The summed E-state index contributed by atoms with van der Waals surface area (Å²) in [5.41, 5.74) is 9.67. The monoisotopic (exact) mass is 346 g/mol. The molecule has 1 saturated heterocycles. The van der Waals surface area contributed by atoms with E-state index in [1.807, 2.05) is 6.07 Å². The number of nitrogens with two attached hydrogens (primary N) is 1. The van der Waals surface area contributed by atoms with Crippen LogP contribution in [-0.4, -0.2) is 62.7 Å². The van der Waals surface area contributed by atoms with E-state index in [-0.39, 0.29) is 24.8 Å². The summed E-state index contributed by atoms with van der Waals surface area (Å²) in [5.74, 6) is 0. The first-order chi connectivity index (χ1) is 9.72. The predicted molar refractivity (Wildman–Crippen MR) is 99.8 cm³/mol. The fourth-order valence-corrected chi connectivity index (χ4v) is 3.23. The Morgan fingerprint density at radius 3 is 2.45 bits per heavy atom. The Kier molecular flexibility index (Phi) is 7.77. The number of rotatable bonds is 3. The molecule has 4 nitrogen and oxygen atoms in total. The highest BCUT2D eigenvalue weighted by molar-refractivity contribution is 5.85. The van der Waals surface area contributed by atoms with Crippen LogP contribution in [0.1, 0.15) is 12.0 Å². The Bertz CT molecular complexity index is 461. The highest BCUT2D eigenvalue weighted by atomic mass is 35.5. The van der Waals surface area contributed by atoms with E-state index in [1.165, 1.54) is 63.4 Å². The summed E-state index contributed by atoms with van der Waals surface area (Å²) in [4.78, 5) is 7.52. The predicted octanol–water partition coefficient (Wildman–Crippen LogP) is 2.11. The Labute approximate surface area is 146 Å². The number of anilines is 2. The number of benzene rings is 1. The van der Waals surface area contributed by atoms with Crippen molar-refractivity contribution in [1.29, 1.82) is 0 Å². The molecule has 0 atom stereocenters. The SMILES string of the molecule is CN1CCN(CCN2CCCc3ccc(N)cc32)CC1.Cl.Cl. The van der Waals surface area contributed by atoms with Crippen LogP contribution in [0.2, 0.25) is 0 Å². The smallest absolute Gasteiger partial charge is 0.0419 e. The fraction of sp³-hybridized carbons (Fsp3) is 0.625. The summed E-state index contributed by atoms with van der Waals surface area (Å²) in [5, 5.41) is 0. The normalized spacial score (nSPS) is 19.0. The Morgan fingerprint density at radius 2 is 1.73 bits per heavy atom. The van der Waals surface area contributed by atoms with E-state index in [0.717, 1.165) is 12.2 Å². The molecular formula is C16H28Cl2N4. The molecular weight excluding hydrogens is 319 g/mol. The first-order valence-corrected chi connectivity index (χ1v) is 7.76. The molecule has 1 aromatic carbocycles. The number of hydrogen-bond donors (Lipinski definition) is 1. The molecule has 0 aliphatic carbocycles. The van der Waals surface area contributed by atoms with Gasteiger partial charge in [0.25, 0.3) is 0 Å². The molecule has 2 N–H and O–H groups in total. The van der Waals surface area contributed by atoms with E-state index in [2.05, 4.69) is 33.9 Å². The summed E-state index contributed by atoms with van der Waals surface area (Å²) >= 11 is 0. The molecule has 0 spiro atoms. The Hall–Kier alpha value is -0.680. The quantitative estimate of drug-likeness (QED) is 0.850. The zero-order valence-corrected chi connectivity index (χ0v) is 15.0. The Morgan fingerprint density at radius 1 is 1.00 bits per heavy atom. The number of aryl methyl sites for hydroxylation is 1. The van der Waals surface area contributed by atoms with Crippen molar-refractivity contribution in [2.75, 3.05) is 63.5 Å². The minimum Gasteiger partial charge on any atom is -0.399 e. The van der Waals surface area contributed by atoms with Gasteiger partial charge in [-0.05, 0) is 37.6 Å². The van der Waals surface area contributed by atoms with Gasteiger partial charge in [0.15, 0.2) is 0 Å². The maximum Gasteiger partial charge on any atom is 0.0419 e. The van der Waals surface area contributed by atoms with Crippen LogP contribution in [0.5, 0.6) is 0 Å². The maximum absolute atomic E-state index is 5.96. The molecule has 2 aliphatic heterocycles. The van der Waals surface area contributed by atoms with Crippen molar-refractivity contribution in [1.82, 2.24) is 9.80 Å². The average Bonchev–Trinajstić information content (AvgIpc) is 2.47. The minimum atomic E-state index is 0. The van der Waals surface area contributed by atoms with Crippen LogP contribution in [0.3, 0.4) is 0 Å². The largest absolute Gasteiger partial charge is 0.399 e. The molecule has 2 aliphatic rings. The molecule has 1 aromatic rings. The van der Waals surface area contributed by atoms with E-state index in [4.69, 9.17) is 5.73 Å². The third-order valence-corrected chi connectivity index (χ3v) is 4.61. The lowest BCUT2D eigenvalue weighted by molar-refractivity contribution is 0.156. The second-order valence-corrected chi connectivity index (χ2v) is 6.12. The van der Waals surface area contributed by atoms with Gasteiger partial charge in [-0.1, -0.05) is 6.07 Å². The molecule has 0 amide bonds. The molecule has 2 heterocycles. The number of halogens is 2. The number of fused-ring (bicyclic) bond motifs is 1. The van der Waals surface area contributed by atoms with Gasteiger partial charge in [-0.25, -0.2) is 0 Å². The van der Waals surface area contributed by atoms with Crippen LogP contribution in [0.25, 0.3) is 0 Å². The van der Waals surface area contributed by atoms with E-state index in [0.29, 0.717) is 0 Å². The van der Waals surface area contributed by atoms with Crippen molar-refractivity contribution < 1.29 is 0 Å². The lowest BCUT2D eigenvalue weighted by Gasteiger charge is -2.36. The van der Waals surface area contributed by atoms with Crippen LogP contribution in [0.4, 0.5) is 11.4 Å². The standard InChI is InChI=1S/C16H26N4.2ClH/c1-18-7-9-19(10-8-18)11-12-20-6-2-3-14-4-5-15(17)13-16(14)20;;/h4-5,13H,2-3,6-12,17H2,1H3;2*1H. The summed E-state index contributed by atoms with van der Waals surface area (Å²) < 4.78 is 0. The average molecular weight is 347 g/mol. The summed E-state index contributed by atoms with van der Waals surface area (Å²) in [7, 11) is 2.21. The van der Waals surface area contributed by atoms with Gasteiger partial charge in [0.2, 0.25) is 0 Å². The van der Waals surface area contributed by atoms with Crippen molar-refractivity contribution >= 4 is 36.2 Å². The van der Waals surface area contributed by atoms with E-state index in [1.54, 1.807) is 0 Å². The van der Waals surface area contributed by atoms with Crippen LogP contribution in [0, 0.1) is 0 Å². The number of nitrogens with zero attached hydrogens (tertiary/aromatic N) is 3. The molecule has 0 unspecified atom stereocenters. The van der Waals surface area contributed by atoms with Crippen LogP contribution in [0.15, 0.2) is 18.2 Å². The molecule has 0 aromatic heterocycles.